The molecule has 9 heteroatoms. The van der Waals surface area contributed by atoms with Crippen molar-refractivity contribution >= 4 is 11.7 Å². The summed E-state index contributed by atoms with van der Waals surface area (Å²) < 4.78 is 20.7. The summed E-state index contributed by atoms with van der Waals surface area (Å²) in [5.41, 5.74) is 3.68. The minimum absolute atomic E-state index is 0.153. The zero-order chi connectivity index (χ0) is 23.7. The van der Waals surface area contributed by atoms with Crippen molar-refractivity contribution in [3.63, 3.8) is 0 Å². The van der Waals surface area contributed by atoms with E-state index < -0.39 is 0 Å². The molecule has 3 heterocycles. The number of ether oxygens (including phenoxy) is 1. The molecule has 1 aliphatic heterocycles. The average molecular weight is 456 g/mol. The first-order chi connectivity index (χ1) is 16.5. The van der Waals surface area contributed by atoms with E-state index in [-0.39, 0.29) is 30.0 Å². The Kier molecular flexibility index (Phi) is 5.59. The Morgan fingerprint density at radius 3 is 2.82 bits per heavy atom. The van der Waals surface area contributed by atoms with E-state index in [0.717, 1.165) is 16.8 Å². The number of rotatable bonds is 6. The molecular formula is C25H21FN6O2. The molecule has 1 N–H and O–H groups in total. The molecule has 170 valence electrons. The van der Waals surface area contributed by atoms with Gasteiger partial charge in [0.1, 0.15) is 24.0 Å². The van der Waals surface area contributed by atoms with E-state index in [9.17, 15) is 9.18 Å². The highest BCUT2D eigenvalue weighted by molar-refractivity contribution is 5.95. The van der Waals surface area contributed by atoms with Gasteiger partial charge in [-0.25, -0.2) is 9.37 Å². The molecular weight excluding hydrogens is 435 g/mol. The first-order valence-corrected chi connectivity index (χ1v) is 10.7. The van der Waals surface area contributed by atoms with Crippen LogP contribution in [0.5, 0.6) is 5.75 Å². The number of hydrogen-bond donors (Lipinski definition) is 1. The second-order valence-corrected chi connectivity index (χ2v) is 7.85. The van der Waals surface area contributed by atoms with E-state index in [0.29, 0.717) is 29.4 Å². The topological polar surface area (TPSA) is 94.8 Å². The number of anilines is 1. The third-order valence-corrected chi connectivity index (χ3v) is 5.63. The normalized spacial score (nSPS) is 14.9. The molecule has 2 aromatic heterocycles. The van der Waals surface area contributed by atoms with Crippen LogP contribution in [0.2, 0.25) is 0 Å². The quantitative estimate of drug-likeness (QED) is 0.437. The SMILES string of the molecule is C=CCOc1ccccc1[C@H]1CC(=O)Nc2c1c(C)nn2-c1nncc(-c2ccc(F)cc2)n1. The fourth-order valence-electron chi connectivity index (χ4n) is 4.15. The molecule has 5 rings (SSSR count). The maximum atomic E-state index is 13.3. The minimum Gasteiger partial charge on any atom is -0.489 e. The van der Waals surface area contributed by atoms with Gasteiger partial charge < -0.3 is 10.1 Å². The zero-order valence-electron chi connectivity index (χ0n) is 18.4. The average Bonchev–Trinajstić information content (AvgIpc) is 3.19. The van der Waals surface area contributed by atoms with Gasteiger partial charge in [0.2, 0.25) is 5.91 Å². The van der Waals surface area contributed by atoms with Crippen LogP contribution in [0.1, 0.15) is 29.2 Å². The lowest BCUT2D eigenvalue weighted by Crippen LogP contribution is -2.25. The van der Waals surface area contributed by atoms with E-state index in [1.807, 2.05) is 31.2 Å². The smallest absolute Gasteiger partial charge is 0.272 e. The molecule has 0 saturated carbocycles. The van der Waals surface area contributed by atoms with Gasteiger partial charge in [0.25, 0.3) is 5.95 Å². The van der Waals surface area contributed by atoms with Crippen molar-refractivity contribution in [2.45, 2.75) is 19.3 Å². The Bertz CT molecular complexity index is 1380. The van der Waals surface area contributed by atoms with E-state index in [2.05, 4.69) is 32.2 Å². The van der Waals surface area contributed by atoms with Crippen LogP contribution in [-0.4, -0.2) is 37.5 Å². The third-order valence-electron chi connectivity index (χ3n) is 5.63. The number of para-hydroxylation sites is 1. The third kappa shape index (κ3) is 3.92. The largest absolute Gasteiger partial charge is 0.489 e. The van der Waals surface area contributed by atoms with Crippen LogP contribution >= 0.6 is 0 Å². The number of hydrogen-bond acceptors (Lipinski definition) is 6. The van der Waals surface area contributed by atoms with Gasteiger partial charge in [-0.2, -0.15) is 14.9 Å². The summed E-state index contributed by atoms with van der Waals surface area (Å²) in [6.07, 6.45) is 3.42. The molecule has 0 unspecified atom stereocenters. The van der Waals surface area contributed by atoms with Gasteiger partial charge in [0.15, 0.2) is 0 Å². The molecule has 34 heavy (non-hydrogen) atoms. The monoisotopic (exact) mass is 456 g/mol. The minimum atomic E-state index is -0.339. The van der Waals surface area contributed by atoms with Crippen molar-refractivity contribution < 1.29 is 13.9 Å². The van der Waals surface area contributed by atoms with Crippen LogP contribution in [0.4, 0.5) is 10.2 Å². The lowest BCUT2D eigenvalue weighted by Gasteiger charge is -2.25. The first-order valence-electron chi connectivity index (χ1n) is 10.7. The van der Waals surface area contributed by atoms with E-state index in [4.69, 9.17) is 4.74 Å². The molecule has 1 amide bonds. The van der Waals surface area contributed by atoms with E-state index in [1.54, 1.807) is 18.2 Å². The second-order valence-electron chi connectivity index (χ2n) is 7.85. The first kappa shape index (κ1) is 21.4. The molecule has 1 atom stereocenters. The molecule has 0 fully saturated rings. The maximum Gasteiger partial charge on any atom is 0.272 e. The predicted molar refractivity (Wildman–Crippen MR) is 124 cm³/mol. The van der Waals surface area contributed by atoms with Gasteiger partial charge in [-0.15, -0.1) is 5.10 Å². The predicted octanol–water partition coefficient (Wildman–Crippen LogP) is 4.21. The molecule has 0 radical (unpaired) electrons. The van der Waals surface area contributed by atoms with Gasteiger partial charge >= 0.3 is 0 Å². The molecule has 2 aromatic carbocycles. The van der Waals surface area contributed by atoms with Gasteiger partial charge in [0.05, 0.1) is 17.6 Å². The molecule has 0 bridgehead atoms. The summed E-state index contributed by atoms with van der Waals surface area (Å²) in [6.45, 7) is 5.95. The lowest BCUT2D eigenvalue weighted by molar-refractivity contribution is -0.116. The fraction of sp³-hybridized carbons (Fsp3) is 0.160. The van der Waals surface area contributed by atoms with E-state index in [1.165, 1.54) is 23.0 Å². The maximum absolute atomic E-state index is 13.3. The summed E-state index contributed by atoms with van der Waals surface area (Å²) in [6, 6.07) is 13.6. The number of amides is 1. The molecule has 0 aliphatic carbocycles. The van der Waals surface area contributed by atoms with Gasteiger partial charge in [0, 0.05) is 29.0 Å². The standard InChI is InChI=1S/C25H21FN6O2/c1-3-12-34-21-7-5-4-6-18(21)19-13-22(33)29-24-23(19)15(2)31-32(24)25-28-20(14-27-30-25)16-8-10-17(26)11-9-16/h3-11,14,19H,1,12-13H2,2H3,(H,29,33)/t19-/m1/s1. The van der Waals surface area contributed by atoms with Gasteiger partial charge in [-0.1, -0.05) is 30.9 Å². The van der Waals surface area contributed by atoms with Gasteiger partial charge in [-0.05, 0) is 37.3 Å². The molecule has 8 nitrogen and oxygen atoms in total. The van der Waals surface area contributed by atoms with Crippen molar-refractivity contribution in [1.82, 2.24) is 25.0 Å². The number of halogens is 1. The number of carbonyl (C=O) groups is 1. The van der Waals surface area contributed by atoms with Gasteiger partial charge in [-0.3, -0.25) is 4.79 Å². The number of nitrogens with zero attached hydrogens (tertiary/aromatic N) is 5. The second kappa shape index (κ2) is 8.86. The van der Waals surface area contributed by atoms with Crippen LogP contribution in [-0.2, 0) is 4.79 Å². The Hall–Kier alpha value is -4.40. The van der Waals surface area contributed by atoms with Crippen LogP contribution < -0.4 is 10.1 Å². The summed E-state index contributed by atoms with van der Waals surface area (Å²) in [5, 5.41) is 15.7. The Morgan fingerprint density at radius 1 is 1.24 bits per heavy atom. The number of carbonyl (C=O) groups excluding carboxylic acids is 1. The van der Waals surface area contributed by atoms with Crippen molar-refractivity contribution in [2.24, 2.45) is 0 Å². The number of aryl methyl sites for hydroxylation is 1. The van der Waals surface area contributed by atoms with Crippen molar-refractivity contribution in [3.8, 4) is 23.0 Å². The van der Waals surface area contributed by atoms with Crippen LogP contribution in [0.15, 0.2) is 67.4 Å². The van der Waals surface area contributed by atoms with E-state index >= 15 is 0 Å². The van der Waals surface area contributed by atoms with Crippen LogP contribution in [0.25, 0.3) is 17.2 Å². The lowest BCUT2D eigenvalue weighted by atomic mass is 9.85. The number of benzene rings is 2. The Labute approximate surface area is 195 Å². The van der Waals surface area contributed by atoms with Crippen LogP contribution in [0.3, 0.4) is 0 Å². The summed E-state index contributed by atoms with van der Waals surface area (Å²) >= 11 is 0. The molecule has 0 spiro atoms. The number of aromatic nitrogens is 5. The zero-order valence-corrected chi connectivity index (χ0v) is 18.4. The highest BCUT2D eigenvalue weighted by atomic mass is 19.1. The number of nitrogens with one attached hydrogen (secondary N) is 1. The molecule has 0 saturated heterocycles. The van der Waals surface area contributed by atoms with Crippen molar-refractivity contribution in [3.05, 3.63) is 90.0 Å². The molecule has 1 aliphatic rings. The van der Waals surface area contributed by atoms with Crippen molar-refractivity contribution in [1.29, 1.82) is 0 Å². The highest BCUT2D eigenvalue weighted by Crippen LogP contribution is 2.42. The number of fused-ring (bicyclic) bond motifs is 1. The fourth-order valence-corrected chi connectivity index (χ4v) is 4.15. The Morgan fingerprint density at radius 2 is 2.03 bits per heavy atom. The summed E-state index contributed by atoms with van der Waals surface area (Å²) in [7, 11) is 0. The summed E-state index contributed by atoms with van der Waals surface area (Å²) in [5.74, 6) is 0.635. The summed E-state index contributed by atoms with van der Waals surface area (Å²) in [4.78, 5) is 17.3. The molecule has 4 aromatic rings. The highest BCUT2D eigenvalue weighted by Gasteiger charge is 2.34. The van der Waals surface area contributed by atoms with Crippen molar-refractivity contribution in [2.75, 3.05) is 11.9 Å². The Balaban J connectivity index is 1.60. The van der Waals surface area contributed by atoms with Crippen LogP contribution in [0, 0.1) is 12.7 Å².